The van der Waals surface area contributed by atoms with Gasteiger partial charge in [0.1, 0.15) is 6.04 Å². The van der Waals surface area contributed by atoms with Crippen LogP contribution in [0, 0.1) is 23.6 Å². The number of carbonyl (C=O) groups excluding carboxylic acids is 3. The van der Waals surface area contributed by atoms with Gasteiger partial charge in [-0.25, -0.2) is 4.39 Å². The molecule has 0 saturated carbocycles. The fourth-order valence-corrected chi connectivity index (χ4v) is 3.99. The number of nitrogens with zero attached hydrogens (tertiary/aromatic N) is 1. The highest BCUT2D eigenvalue weighted by Crippen LogP contribution is 2.37. The molecule has 1 aliphatic heterocycles. The number of halogens is 1. The SMILES string of the molecule is CCOc1ccc(NC(=O)C(CC(C)C)N2C(=O)C3CC=CCC3C2=O)cc1F. The summed E-state index contributed by atoms with van der Waals surface area (Å²) in [5, 5.41) is 2.66. The molecule has 1 heterocycles. The molecule has 1 N–H and O–H groups in total. The van der Waals surface area contributed by atoms with Crippen LogP contribution in [0.2, 0.25) is 0 Å². The number of hydrogen-bond acceptors (Lipinski definition) is 4. The lowest BCUT2D eigenvalue weighted by Gasteiger charge is -2.27. The van der Waals surface area contributed by atoms with E-state index >= 15 is 0 Å². The van der Waals surface area contributed by atoms with Crippen molar-refractivity contribution in [2.45, 2.75) is 46.1 Å². The van der Waals surface area contributed by atoms with E-state index in [-0.39, 0.29) is 29.2 Å². The Hall–Kier alpha value is -2.70. The Labute approximate surface area is 170 Å². The molecule has 1 aromatic carbocycles. The molecule has 1 aromatic rings. The highest BCUT2D eigenvalue weighted by molar-refractivity contribution is 6.10. The second kappa shape index (κ2) is 8.76. The van der Waals surface area contributed by atoms with Crippen molar-refractivity contribution in [3.05, 3.63) is 36.2 Å². The first kappa shape index (κ1) is 21.0. The second-order valence-corrected chi connectivity index (χ2v) is 7.92. The minimum Gasteiger partial charge on any atom is -0.491 e. The van der Waals surface area contributed by atoms with Crippen LogP contribution in [0.5, 0.6) is 5.75 Å². The van der Waals surface area contributed by atoms with Crippen LogP contribution >= 0.6 is 0 Å². The van der Waals surface area contributed by atoms with E-state index in [0.29, 0.717) is 25.9 Å². The zero-order valence-corrected chi connectivity index (χ0v) is 17.0. The Balaban J connectivity index is 1.81. The summed E-state index contributed by atoms with van der Waals surface area (Å²) in [4.78, 5) is 40.0. The maximum absolute atomic E-state index is 14.1. The van der Waals surface area contributed by atoms with Crippen LogP contribution in [0.15, 0.2) is 30.4 Å². The van der Waals surface area contributed by atoms with Crippen LogP contribution in [0.1, 0.15) is 40.0 Å². The first-order valence-corrected chi connectivity index (χ1v) is 10.1. The third kappa shape index (κ3) is 4.33. The third-order valence-corrected chi connectivity index (χ3v) is 5.35. The first-order valence-electron chi connectivity index (χ1n) is 10.1. The molecular weight excluding hydrogens is 375 g/mol. The number of hydrogen-bond donors (Lipinski definition) is 1. The van der Waals surface area contributed by atoms with Crippen LogP contribution in [0.25, 0.3) is 0 Å². The van der Waals surface area contributed by atoms with Gasteiger partial charge in [0.25, 0.3) is 0 Å². The van der Waals surface area contributed by atoms with Crippen LogP contribution in [-0.4, -0.2) is 35.3 Å². The van der Waals surface area contributed by atoms with Crippen molar-refractivity contribution in [3.63, 3.8) is 0 Å². The quantitative estimate of drug-likeness (QED) is 0.559. The topological polar surface area (TPSA) is 75.7 Å². The van der Waals surface area contributed by atoms with Gasteiger partial charge in [-0.3, -0.25) is 19.3 Å². The van der Waals surface area contributed by atoms with Crippen molar-refractivity contribution in [2.75, 3.05) is 11.9 Å². The average molecular weight is 402 g/mol. The molecule has 1 saturated heterocycles. The van der Waals surface area contributed by atoms with Gasteiger partial charge in [-0.15, -0.1) is 0 Å². The maximum Gasteiger partial charge on any atom is 0.247 e. The molecule has 1 fully saturated rings. The largest absolute Gasteiger partial charge is 0.491 e. The Bertz CT molecular complexity index is 810. The fourth-order valence-electron chi connectivity index (χ4n) is 3.99. The van der Waals surface area contributed by atoms with Crippen LogP contribution < -0.4 is 10.1 Å². The van der Waals surface area contributed by atoms with E-state index in [1.165, 1.54) is 18.2 Å². The summed E-state index contributed by atoms with van der Waals surface area (Å²) in [6.07, 6.45) is 5.21. The lowest BCUT2D eigenvalue weighted by atomic mass is 9.85. The fraction of sp³-hybridized carbons (Fsp3) is 0.500. The number of carbonyl (C=O) groups is 3. The minimum absolute atomic E-state index is 0.0872. The summed E-state index contributed by atoms with van der Waals surface area (Å²) >= 11 is 0. The van der Waals surface area contributed by atoms with Gasteiger partial charge in [0, 0.05) is 11.8 Å². The number of likely N-dealkylation sites (tertiary alicyclic amines) is 1. The molecule has 2 aliphatic rings. The molecule has 0 bridgehead atoms. The Kier molecular flexibility index (Phi) is 6.35. The lowest BCUT2D eigenvalue weighted by molar-refractivity contribution is -0.147. The Morgan fingerprint density at radius 2 is 1.83 bits per heavy atom. The van der Waals surface area contributed by atoms with Gasteiger partial charge >= 0.3 is 0 Å². The van der Waals surface area contributed by atoms with E-state index in [9.17, 15) is 18.8 Å². The number of benzene rings is 1. The van der Waals surface area contributed by atoms with Gasteiger partial charge < -0.3 is 10.1 Å². The number of fused-ring (bicyclic) bond motifs is 1. The van der Waals surface area contributed by atoms with Crippen molar-refractivity contribution in [1.82, 2.24) is 4.90 Å². The molecule has 1 aliphatic carbocycles. The van der Waals surface area contributed by atoms with Crippen LogP contribution in [-0.2, 0) is 14.4 Å². The molecule has 7 heteroatoms. The number of anilines is 1. The van der Waals surface area contributed by atoms with Crippen molar-refractivity contribution < 1.29 is 23.5 Å². The standard InChI is InChI=1S/C22H27FN2O4/c1-4-29-19-10-9-14(12-17(19)23)24-20(26)18(11-13(2)3)25-21(27)15-7-5-6-8-16(15)22(25)28/h5-6,9-10,12-13,15-16,18H,4,7-8,11H2,1-3H3,(H,24,26). The van der Waals surface area contributed by atoms with Crippen molar-refractivity contribution in [1.29, 1.82) is 0 Å². The highest BCUT2D eigenvalue weighted by Gasteiger charge is 2.51. The molecule has 0 spiro atoms. The summed E-state index contributed by atoms with van der Waals surface area (Å²) in [5.41, 5.74) is 0.253. The van der Waals surface area contributed by atoms with Gasteiger partial charge in [-0.2, -0.15) is 0 Å². The average Bonchev–Trinajstić information content (AvgIpc) is 2.93. The molecule has 156 valence electrons. The van der Waals surface area contributed by atoms with Crippen LogP contribution in [0.4, 0.5) is 10.1 Å². The molecule has 3 rings (SSSR count). The van der Waals surface area contributed by atoms with E-state index < -0.39 is 29.6 Å². The number of amides is 3. The first-order chi connectivity index (χ1) is 13.8. The van der Waals surface area contributed by atoms with E-state index in [4.69, 9.17) is 4.74 Å². The highest BCUT2D eigenvalue weighted by atomic mass is 19.1. The summed E-state index contributed by atoms with van der Waals surface area (Å²) in [6, 6.07) is 3.23. The Morgan fingerprint density at radius 3 is 2.34 bits per heavy atom. The van der Waals surface area contributed by atoms with Gasteiger partial charge in [0.2, 0.25) is 17.7 Å². The molecule has 3 unspecified atom stereocenters. The smallest absolute Gasteiger partial charge is 0.247 e. The summed E-state index contributed by atoms with van der Waals surface area (Å²) < 4.78 is 19.3. The third-order valence-electron chi connectivity index (χ3n) is 5.35. The van der Waals surface area contributed by atoms with Crippen molar-refractivity contribution in [2.24, 2.45) is 17.8 Å². The van der Waals surface area contributed by atoms with Gasteiger partial charge in [-0.05, 0) is 44.2 Å². The molecule has 6 nitrogen and oxygen atoms in total. The minimum atomic E-state index is -0.921. The Morgan fingerprint density at radius 1 is 1.21 bits per heavy atom. The second-order valence-electron chi connectivity index (χ2n) is 7.92. The van der Waals surface area contributed by atoms with Gasteiger partial charge in [0.05, 0.1) is 18.4 Å². The lowest BCUT2D eigenvalue weighted by Crippen LogP contribution is -2.48. The van der Waals surface area contributed by atoms with Gasteiger partial charge in [0.15, 0.2) is 11.6 Å². The summed E-state index contributed by atoms with van der Waals surface area (Å²) in [5.74, 6) is -2.25. The van der Waals surface area contributed by atoms with Gasteiger partial charge in [-0.1, -0.05) is 26.0 Å². The number of rotatable bonds is 7. The number of nitrogens with one attached hydrogen (secondary N) is 1. The van der Waals surface area contributed by atoms with Crippen molar-refractivity contribution >= 4 is 23.4 Å². The van der Waals surface area contributed by atoms with Crippen molar-refractivity contribution in [3.8, 4) is 5.75 Å². The van der Waals surface area contributed by atoms with E-state index in [2.05, 4.69) is 5.32 Å². The maximum atomic E-state index is 14.1. The number of ether oxygens (including phenoxy) is 1. The monoisotopic (exact) mass is 402 g/mol. The summed E-state index contributed by atoms with van der Waals surface area (Å²) in [7, 11) is 0. The zero-order chi connectivity index (χ0) is 21.1. The molecule has 3 atom stereocenters. The number of allylic oxidation sites excluding steroid dienone is 2. The molecule has 29 heavy (non-hydrogen) atoms. The predicted molar refractivity (Wildman–Crippen MR) is 107 cm³/mol. The number of imide groups is 1. The molecule has 0 aromatic heterocycles. The zero-order valence-electron chi connectivity index (χ0n) is 17.0. The van der Waals surface area contributed by atoms with E-state index in [1.807, 2.05) is 26.0 Å². The molecule has 3 amide bonds. The van der Waals surface area contributed by atoms with Crippen LogP contribution in [0.3, 0.4) is 0 Å². The molecule has 0 radical (unpaired) electrons. The van der Waals surface area contributed by atoms with E-state index in [0.717, 1.165) is 4.90 Å². The molecular formula is C22H27FN2O4. The normalized spacial score (nSPS) is 22.0. The van der Waals surface area contributed by atoms with E-state index in [1.54, 1.807) is 6.92 Å². The predicted octanol–water partition coefficient (Wildman–Crippen LogP) is 3.53. The summed E-state index contributed by atoms with van der Waals surface area (Å²) in [6.45, 7) is 5.94.